The average Bonchev–Trinajstić information content (AvgIpc) is 3.12. The van der Waals surface area contributed by atoms with Crippen LogP contribution in [0.25, 0.3) is 0 Å². The minimum Gasteiger partial charge on any atom is -0.387 e. The van der Waals surface area contributed by atoms with E-state index in [0.29, 0.717) is 6.54 Å². The highest BCUT2D eigenvalue weighted by molar-refractivity contribution is 5.21. The van der Waals surface area contributed by atoms with Gasteiger partial charge in [-0.1, -0.05) is 6.07 Å². The molecular weight excluding hydrogens is 288 g/mol. The number of benzene rings is 1. The van der Waals surface area contributed by atoms with E-state index in [0.717, 1.165) is 32.0 Å². The monoisotopic (exact) mass is 307 g/mol. The Morgan fingerprint density at radius 2 is 2.23 bits per heavy atom. The van der Waals surface area contributed by atoms with Crippen molar-refractivity contribution >= 4 is 0 Å². The molecule has 4 nitrogen and oxygen atoms in total. The van der Waals surface area contributed by atoms with E-state index >= 15 is 0 Å². The Balaban J connectivity index is 1.65. The number of aromatic nitrogens is 2. The van der Waals surface area contributed by atoms with Crippen LogP contribution in [0.4, 0.5) is 8.78 Å². The minimum atomic E-state index is -0.959. The lowest BCUT2D eigenvalue weighted by Gasteiger charge is -2.27. The summed E-state index contributed by atoms with van der Waals surface area (Å²) >= 11 is 0. The van der Waals surface area contributed by atoms with Gasteiger partial charge in [-0.25, -0.2) is 8.78 Å². The summed E-state index contributed by atoms with van der Waals surface area (Å²) in [5.74, 6) is -1.33. The molecule has 2 heterocycles. The molecule has 118 valence electrons. The summed E-state index contributed by atoms with van der Waals surface area (Å²) < 4.78 is 28.6. The number of β-amino-alcohol motifs (C(OH)–C–C–N with tert-alkyl or cyclic N) is 1. The fourth-order valence-electron chi connectivity index (χ4n) is 3.06. The predicted molar refractivity (Wildman–Crippen MR) is 78.1 cm³/mol. The van der Waals surface area contributed by atoms with Crippen LogP contribution >= 0.6 is 0 Å². The maximum Gasteiger partial charge on any atom is 0.131 e. The van der Waals surface area contributed by atoms with Crippen LogP contribution in [0.1, 0.15) is 24.5 Å². The van der Waals surface area contributed by atoms with Crippen LogP contribution in [0.15, 0.2) is 36.7 Å². The van der Waals surface area contributed by atoms with E-state index in [1.54, 1.807) is 6.20 Å². The molecule has 1 aliphatic heterocycles. The van der Waals surface area contributed by atoms with Gasteiger partial charge < -0.3 is 5.11 Å². The second kappa shape index (κ2) is 6.54. The number of halogens is 2. The molecule has 0 unspecified atom stereocenters. The number of aliphatic hydroxyl groups is 1. The quantitative estimate of drug-likeness (QED) is 0.922. The van der Waals surface area contributed by atoms with Crippen LogP contribution in [0.2, 0.25) is 0 Å². The Hall–Kier alpha value is -1.79. The number of hydrogen-bond donors (Lipinski definition) is 1. The van der Waals surface area contributed by atoms with Gasteiger partial charge in [-0.05, 0) is 31.5 Å². The van der Waals surface area contributed by atoms with E-state index in [1.165, 1.54) is 12.1 Å². The van der Waals surface area contributed by atoms with Crippen LogP contribution in [0.5, 0.6) is 0 Å². The van der Waals surface area contributed by atoms with E-state index in [4.69, 9.17) is 0 Å². The third kappa shape index (κ3) is 3.34. The first-order chi connectivity index (χ1) is 10.6. The molecule has 1 N–H and O–H groups in total. The molecule has 1 saturated heterocycles. The van der Waals surface area contributed by atoms with Gasteiger partial charge in [-0.3, -0.25) is 9.58 Å². The lowest BCUT2D eigenvalue weighted by molar-refractivity contribution is 0.0977. The third-order valence-electron chi connectivity index (χ3n) is 4.19. The molecule has 6 heteroatoms. The largest absolute Gasteiger partial charge is 0.387 e. The summed E-state index contributed by atoms with van der Waals surface area (Å²) in [4.78, 5) is 2.15. The molecule has 1 fully saturated rings. The number of aliphatic hydroxyl groups excluding tert-OH is 1. The fourth-order valence-corrected chi connectivity index (χ4v) is 3.06. The van der Waals surface area contributed by atoms with Gasteiger partial charge in [-0.15, -0.1) is 0 Å². The predicted octanol–water partition coefficient (Wildman–Crippen LogP) is 2.36. The van der Waals surface area contributed by atoms with Gasteiger partial charge in [0.25, 0.3) is 0 Å². The third-order valence-corrected chi connectivity index (χ3v) is 4.19. The number of nitrogens with zero attached hydrogens (tertiary/aromatic N) is 3. The molecule has 0 spiro atoms. The Labute approximate surface area is 128 Å². The number of rotatable bonds is 5. The van der Waals surface area contributed by atoms with Gasteiger partial charge >= 0.3 is 0 Å². The average molecular weight is 307 g/mol. The highest BCUT2D eigenvalue weighted by Gasteiger charge is 2.28. The topological polar surface area (TPSA) is 41.3 Å². The molecule has 1 aromatic heterocycles. The normalized spacial score (nSPS) is 20.4. The lowest BCUT2D eigenvalue weighted by atomic mass is 10.1. The summed E-state index contributed by atoms with van der Waals surface area (Å²) in [6.45, 7) is 1.96. The van der Waals surface area contributed by atoms with Gasteiger partial charge in [0, 0.05) is 36.6 Å². The van der Waals surface area contributed by atoms with Crippen molar-refractivity contribution in [3.05, 3.63) is 53.9 Å². The second-order valence-electron chi connectivity index (χ2n) is 5.70. The standard InChI is InChI=1S/C16H19F2N3O/c17-12-4-5-14(15(18)9-12)16(22)11-20-7-1-3-13(20)10-21-8-2-6-19-21/h2,4-6,8-9,13,16,22H,1,3,7,10-11H2/t13-,16+/m1/s1. The van der Waals surface area contributed by atoms with E-state index < -0.39 is 17.7 Å². The molecular formula is C16H19F2N3O. The molecule has 0 radical (unpaired) electrons. The zero-order valence-electron chi connectivity index (χ0n) is 12.2. The maximum atomic E-state index is 13.7. The first kappa shape index (κ1) is 15.1. The summed E-state index contributed by atoms with van der Waals surface area (Å²) in [6, 6.07) is 5.45. The van der Waals surface area contributed by atoms with Gasteiger partial charge in [0.05, 0.1) is 12.6 Å². The molecule has 2 atom stereocenters. The molecule has 1 aliphatic rings. The van der Waals surface area contributed by atoms with Crippen LogP contribution < -0.4 is 0 Å². The molecule has 0 aliphatic carbocycles. The van der Waals surface area contributed by atoms with Gasteiger partial charge in [0.2, 0.25) is 0 Å². The van der Waals surface area contributed by atoms with Gasteiger partial charge in [-0.2, -0.15) is 5.10 Å². The molecule has 22 heavy (non-hydrogen) atoms. The van der Waals surface area contributed by atoms with Crippen molar-refractivity contribution in [2.45, 2.75) is 31.5 Å². The van der Waals surface area contributed by atoms with E-state index in [-0.39, 0.29) is 11.6 Å². The first-order valence-corrected chi connectivity index (χ1v) is 7.48. The van der Waals surface area contributed by atoms with E-state index in [1.807, 2.05) is 16.9 Å². The SMILES string of the molecule is O[C@@H](CN1CCC[C@@H]1Cn1cccn1)c1ccc(F)cc1F. The molecule has 0 bridgehead atoms. The van der Waals surface area contributed by atoms with Crippen molar-refractivity contribution in [3.8, 4) is 0 Å². The van der Waals surface area contributed by atoms with Crippen LogP contribution in [-0.4, -0.2) is 38.9 Å². The summed E-state index contributed by atoms with van der Waals surface area (Å²) in [6.07, 6.45) is 4.76. The molecule has 1 aromatic carbocycles. The lowest BCUT2D eigenvalue weighted by Crippen LogP contribution is -2.36. The molecule has 2 aromatic rings. The first-order valence-electron chi connectivity index (χ1n) is 7.48. The van der Waals surface area contributed by atoms with Crippen molar-refractivity contribution in [3.63, 3.8) is 0 Å². The molecule has 3 rings (SSSR count). The van der Waals surface area contributed by atoms with Crippen molar-refractivity contribution < 1.29 is 13.9 Å². The van der Waals surface area contributed by atoms with Crippen molar-refractivity contribution in [2.24, 2.45) is 0 Å². The Kier molecular flexibility index (Phi) is 4.49. The minimum absolute atomic E-state index is 0.145. The van der Waals surface area contributed by atoms with Crippen LogP contribution in [-0.2, 0) is 6.54 Å². The zero-order chi connectivity index (χ0) is 15.5. The van der Waals surface area contributed by atoms with E-state index in [2.05, 4.69) is 10.00 Å². The summed E-state index contributed by atoms with van der Waals surface area (Å²) in [7, 11) is 0. The zero-order valence-corrected chi connectivity index (χ0v) is 12.2. The fraction of sp³-hybridized carbons (Fsp3) is 0.438. The number of likely N-dealkylation sites (tertiary alicyclic amines) is 1. The van der Waals surface area contributed by atoms with Gasteiger partial charge in [0.1, 0.15) is 11.6 Å². The Morgan fingerprint density at radius 1 is 1.36 bits per heavy atom. The smallest absolute Gasteiger partial charge is 0.131 e. The Bertz CT molecular complexity index is 618. The van der Waals surface area contributed by atoms with Crippen molar-refractivity contribution in [2.75, 3.05) is 13.1 Å². The van der Waals surface area contributed by atoms with Gasteiger partial charge in [0.15, 0.2) is 0 Å². The van der Waals surface area contributed by atoms with E-state index in [9.17, 15) is 13.9 Å². The Morgan fingerprint density at radius 3 is 2.95 bits per heavy atom. The highest BCUT2D eigenvalue weighted by Crippen LogP contribution is 2.24. The van der Waals surface area contributed by atoms with Crippen molar-refractivity contribution in [1.82, 2.24) is 14.7 Å². The highest BCUT2D eigenvalue weighted by atomic mass is 19.1. The molecule has 0 saturated carbocycles. The number of hydrogen-bond acceptors (Lipinski definition) is 3. The summed E-state index contributed by atoms with van der Waals surface area (Å²) in [5.41, 5.74) is 0.145. The van der Waals surface area contributed by atoms with Crippen LogP contribution in [0.3, 0.4) is 0 Å². The second-order valence-corrected chi connectivity index (χ2v) is 5.70. The van der Waals surface area contributed by atoms with Crippen molar-refractivity contribution in [1.29, 1.82) is 0 Å². The van der Waals surface area contributed by atoms with Crippen LogP contribution in [0, 0.1) is 11.6 Å². The summed E-state index contributed by atoms with van der Waals surface area (Å²) in [5, 5.41) is 14.5. The molecule has 0 amide bonds. The maximum absolute atomic E-state index is 13.7.